The number of carbonyl (C=O) groups is 1. The Morgan fingerprint density at radius 3 is 2.67 bits per heavy atom. The second-order valence-corrected chi connectivity index (χ2v) is 7.03. The zero-order valence-electron chi connectivity index (χ0n) is 13.1. The molecule has 0 spiro atoms. The smallest absolute Gasteiger partial charge is 0.348 e. The molecule has 0 bridgehead atoms. The van der Waals surface area contributed by atoms with Gasteiger partial charge in [0.25, 0.3) is 0 Å². The number of aryl methyl sites for hydroxylation is 1. The molecule has 3 aromatic rings. The Morgan fingerprint density at radius 1 is 1.29 bits per heavy atom. The third kappa shape index (κ3) is 3.36. The van der Waals surface area contributed by atoms with E-state index in [1.54, 1.807) is 6.92 Å². The molecule has 24 heavy (non-hydrogen) atoms. The molecular formula is C17H14ClN2O2S2-. The lowest BCUT2D eigenvalue weighted by Gasteiger charge is -2.10. The summed E-state index contributed by atoms with van der Waals surface area (Å²) < 4.78 is 5.09. The molecule has 2 aromatic heterocycles. The number of thiophene rings is 1. The molecule has 0 saturated heterocycles. The highest BCUT2D eigenvalue weighted by atomic mass is 35.5. The van der Waals surface area contributed by atoms with Crippen molar-refractivity contribution in [1.82, 2.24) is 9.97 Å². The SMILES string of the molecule is CCOC(=O)c1sc2nc(Cc3ccc(Cl)cc3)nc([S-])c2c1C. The number of esters is 1. The van der Waals surface area contributed by atoms with Crippen LogP contribution in [0.3, 0.4) is 0 Å². The van der Waals surface area contributed by atoms with Gasteiger partial charge in [-0.3, -0.25) is 4.98 Å². The normalized spacial score (nSPS) is 11.0. The van der Waals surface area contributed by atoms with Gasteiger partial charge in [-0.15, -0.1) is 11.3 Å². The highest BCUT2D eigenvalue weighted by molar-refractivity contribution is 7.59. The molecule has 0 saturated carbocycles. The Hall–Kier alpha value is -1.76. The number of hydrogen-bond donors (Lipinski definition) is 0. The lowest BCUT2D eigenvalue weighted by Crippen LogP contribution is -2.03. The summed E-state index contributed by atoms with van der Waals surface area (Å²) in [4.78, 5) is 22.3. The molecule has 4 nitrogen and oxygen atoms in total. The summed E-state index contributed by atoms with van der Waals surface area (Å²) in [5, 5.41) is 1.92. The summed E-state index contributed by atoms with van der Waals surface area (Å²) in [7, 11) is 0. The summed E-state index contributed by atoms with van der Waals surface area (Å²) in [6, 6.07) is 7.53. The summed E-state index contributed by atoms with van der Waals surface area (Å²) in [5.74, 6) is 0.290. The lowest BCUT2D eigenvalue weighted by molar-refractivity contribution is 0.0531. The van der Waals surface area contributed by atoms with Crippen LogP contribution in [0.15, 0.2) is 29.3 Å². The van der Waals surface area contributed by atoms with Gasteiger partial charge in [-0.05, 0) is 37.1 Å². The second-order valence-electron chi connectivity index (χ2n) is 5.21. The molecular weight excluding hydrogens is 364 g/mol. The number of fused-ring (bicyclic) bond motifs is 1. The van der Waals surface area contributed by atoms with Crippen molar-refractivity contribution in [3.63, 3.8) is 0 Å². The Morgan fingerprint density at radius 2 is 2.00 bits per heavy atom. The molecule has 1 aromatic carbocycles. The van der Waals surface area contributed by atoms with E-state index >= 15 is 0 Å². The molecule has 0 radical (unpaired) electrons. The zero-order chi connectivity index (χ0) is 17.3. The fourth-order valence-electron chi connectivity index (χ4n) is 2.40. The van der Waals surface area contributed by atoms with E-state index in [9.17, 15) is 4.79 Å². The summed E-state index contributed by atoms with van der Waals surface area (Å²) >= 11 is 12.6. The average molecular weight is 378 g/mol. The van der Waals surface area contributed by atoms with Crippen LogP contribution < -0.4 is 0 Å². The molecule has 2 heterocycles. The fraction of sp³-hybridized carbons (Fsp3) is 0.235. The van der Waals surface area contributed by atoms with Crippen molar-refractivity contribution in [1.29, 1.82) is 0 Å². The Bertz CT molecular complexity index is 907. The predicted molar refractivity (Wildman–Crippen MR) is 98.0 cm³/mol. The van der Waals surface area contributed by atoms with E-state index in [2.05, 4.69) is 9.97 Å². The van der Waals surface area contributed by atoms with Gasteiger partial charge in [0.05, 0.1) is 6.61 Å². The molecule has 0 amide bonds. The van der Waals surface area contributed by atoms with E-state index in [4.69, 9.17) is 29.0 Å². The predicted octanol–water partition coefficient (Wildman–Crippen LogP) is 4.33. The van der Waals surface area contributed by atoms with Crippen molar-refractivity contribution in [2.75, 3.05) is 6.61 Å². The molecule has 124 valence electrons. The van der Waals surface area contributed by atoms with Gasteiger partial charge in [-0.1, -0.05) is 28.8 Å². The fourth-order valence-corrected chi connectivity index (χ4v) is 4.04. The number of carbonyl (C=O) groups excluding carboxylic acids is 1. The largest absolute Gasteiger partial charge is 0.759 e. The maximum absolute atomic E-state index is 12.0. The highest BCUT2D eigenvalue weighted by Gasteiger charge is 2.18. The van der Waals surface area contributed by atoms with E-state index < -0.39 is 0 Å². The third-order valence-corrected chi connectivity index (χ3v) is 5.25. The van der Waals surface area contributed by atoms with Crippen LogP contribution >= 0.6 is 22.9 Å². The van der Waals surface area contributed by atoms with Crippen molar-refractivity contribution in [3.8, 4) is 0 Å². The van der Waals surface area contributed by atoms with Gasteiger partial charge in [-0.2, -0.15) is 0 Å². The third-order valence-electron chi connectivity index (χ3n) is 3.54. The van der Waals surface area contributed by atoms with Crippen LogP contribution in [0.2, 0.25) is 5.02 Å². The van der Waals surface area contributed by atoms with Crippen LogP contribution in [0.5, 0.6) is 0 Å². The molecule has 0 unspecified atom stereocenters. The first-order valence-corrected chi connectivity index (χ1v) is 8.98. The number of nitrogens with zero attached hydrogens (tertiary/aromatic N) is 2. The quantitative estimate of drug-likeness (QED) is 0.385. The minimum atomic E-state index is -0.341. The average Bonchev–Trinajstić information content (AvgIpc) is 2.87. The number of rotatable bonds is 4. The molecule has 0 fully saturated rings. The van der Waals surface area contributed by atoms with Gasteiger partial charge in [0.15, 0.2) is 0 Å². The Labute approximate surface area is 154 Å². The number of benzene rings is 1. The van der Waals surface area contributed by atoms with E-state index in [-0.39, 0.29) is 5.97 Å². The van der Waals surface area contributed by atoms with Crippen molar-refractivity contribution in [2.45, 2.75) is 25.3 Å². The van der Waals surface area contributed by atoms with Crippen LogP contribution in [0.25, 0.3) is 10.2 Å². The van der Waals surface area contributed by atoms with Crippen molar-refractivity contribution < 1.29 is 9.53 Å². The molecule has 7 heteroatoms. The van der Waals surface area contributed by atoms with E-state index in [0.717, 1.165) is 21.3 Å². The molecule has 0 aliphatic rings. The maximum atomic E-state index is 12.0. The molecule has 3 rings (SSSR count). The van der Waals surface area contributed by atoms with Gasteiger partial charge >= 0.3 is 5.97 Å². The summed E-state index contributed by atoms with van der Waals surface area (Å²) in [6.07, 6.45) is 0.558. The van der Waals surface area contributed by atoms with Gasteiger partial charge in [0.1, 0.15) is 15.5 Å². The van der Waals surface area contributed by atoms with Gasteiger partial charge in [-0.25, -0.2) is 9.78 Å². The molecule has 0 aliphatic heterocycles. The van der Waals surface area contributed by atoms with Crippen molar-refractivity contribution in [2.24, 2.45) is 0 Å². The summed E-state index contributed by atoms with van der Waals surface area (Å²) in [5.41, 5.74) is 1.84. The van der Waals surface area contributed by atoms with Gasteiger partial charge in [0.2, 0.25) is 0 Å². The number of hydrogen-bond acceptors (Lipinski definition) is 6. The van der Waals surface area contributed by atoms with Crippen LogP contribution in [0, 0.1) is 6.92 Å². The first kappa shape index (κ1) is 17.1. The van der Waals surface area contributed by atoms with Crippen LogP contribution in [-0.2, 0) is 23.8 Å². The van der Waals surface area contributed by atoms with E-state index in [1.165, 1.54) is 11.3 Å². The zero-order valence-corrected chi connectivity index (χ0v) is 15.5. The topological polar surface area (TPSA) is 52.1 Å². The molecule has 0 atom stereocenters. The number of ether oxygens (including phenoxy) is 1. The Kier molecular flexibility index (Phi) is 4.99. The number of aromatic nitrogens is 2. The van der Waals surface area contributed by atoms with Gasteiger partial charge in [0, 0.05) is 16.8 Å². The number of halogens is 1. The monoisotopic (exact) mass is 377 g/mol. The maximum Gasteiger partial charge on any atom is 0.348 e. The van der Waals surface area contributed by atoms with Crippen LogP contribution in [0.4, 0.5) is 0 Å². The van der Waals surface area contributed by atoms with Gasteiger partial charge < -0.3 is 17.4 Å². The molecule has 0 N–H and O–H groups in total. The van der Waals surface area contributed by atoms with Crippen molar-refractivity contribution >= 4 is 51.8 Å². The Balaban J connectivity index is 2.00. The standard InChI is InChI=1S/C17H15ClN2O2S2/c1-3-22-17(21)14-9(2)13-15(23)19-12(20-16(13)24-14)8-10-4-6-11(18)7-5-10/h4-7H,3,8H2,1-2H3,(H,19,20,23)/p-1. The minimum Gasteiger partial charge on any atom is -0.759 e. The van der Waals surface area contributed by atoms with E-state index in [1.807, 2.05) is 31.2 Å². The highest BCUT2D eigenvalue weighted by Crippen LogP contribution is 2.32. The second kappa shape index (κ2) is 7.01. The van der Waals surface area contributed by atoms with Crippen LogP contribution in [0.1, 0.15) is 33.5 Å². The minimum absolute atomic E-state index is 0.334. The van der Waals surface area contributed by atoms with Crippen molar-refractivity contribution in [3.05, 3.63) is 51.1 Å². The molecule has 0 aliphatic carbocycles. The first-order valence-electron chi connectivity index (χ1n) is 7.38. The van der Waals surface area contributed by atoms with E-state index in [0.29, 0.717) is 33.8 Å². The lowest BCUT2D eigenvalue weighted by atomic mass is 10.1. The van der Waals surface area contributed by atoms with Crippen LogP contribution in [-0.4, -0.2) is 22.5 Å². The summed E-state index contributed by atoms with van der Waals surface area (Å²) in [6.45, 7) is 3.97. The first-order chi connectivity index (χ1) is 11.5.